The first-order chi connectivity index (χ1) is 9.43. The van der Waals surface area contributed by atoms with Gasteiger partial charge in [-0.3, -0.25) is 4.98 Å². The van der Waals surface area contributed by atoms with Gasteiger partial charge in [-0.25, -0.2) is 0 Å². The summed E-state index contributed by atoms with van der Waals surface area (Å²) in [7, 11) is 0. The number of hydrogen-bond acceptors (Lipinski definition) is 2. The molecular weight excluding hydrogens is 232 g/mol. The maximum Gasteiger partial charge on any atom is 0.0346 e. The molecule has 100 valence electrons. The van der Waals surface area contributed by atoms with E-state index < -0.39 is 0 Å². The molecule has 0 aliphatic heterocycles. The zero-order valence-electron chi connectivity index (χ0n) is 11.4. The van der Waals surface area contributed by atoms with Gasteiger partial charge < -0.3 is 5.32 Å². The third-order valence-electron chi connectivity index (χ3n) is 4.27. The van der Waals surface area contributed by atoms with Crippen molar-refractivity contribution >= 4 is 10.8 Å². The van der Waals surface area contributed by atoms with E-state index in [0.717, 1.165) is 19.0 Å². The summed E-state index contributed by atoms with van der Waals surface area (Å²) in [5.74, 6) is 0.971. The van der Waals surface area contributed by atoms with E-state index in [1.165, 1.54) is 48.4 Å². The fourth-order valence-electron chi connectivity index (χ4n) is 3.15. The molecule has 1 N–H and O–H groups in total. The summed E-state index contributed by atoms with van der Waals surface area (Å²) >= 11 is 0. The fraction of sp³-hybridized carbons (Fsp3) is 0.471. The lowest BCUT2D eigenvalue weighted by Gasteiger charge is -2.11. The Hall–Kier alpha value is -1.41. The van der Waals surface area contributed by atoms with Crippen LogP contribution < -0.4 is 5.32 Å². The van der Waals surface area contributed by atoms with Crippen molar-refractivity contribution in [2.24, 2.45) is 5.92 Å². The molecule has 0 radical (unpaired) electrons. The number of hydrogen-bond donors (Lipinski definition) is 1. The molecule has 1 aromatic carbocycles. The van der Waals surface area contributed by atoms with E-state index in [9.17, 15) is 0 Å². The Labute approximate surface area is 115 Å². The lowest BCUT2D eigenvalue weighted by atomic mass is 10.0. The van der Waals surface area contributed by atoms with Crippen LogP contribution in [-0.2, 0) is 6.54 Å². The van der Waals surface area contributed by atoms with E-state index in [2.05, 4.69) is 34.6 Å². The maximum absolute atomic E-state index is 4.33. The number of fused-ring (bicyclic) bond motifs is 1. The summed E-state index contributed by atoms with van der Waals surface area (Å²) in [5, 5.41) is 6.14. The number of pyridine rings is 1. The van der Waals surface area contributed by atoms with E-state index in [4.69, 9.17) is 0 Å². The molecule has 2 heteroatoms. The molecule has 1 saturated carbocycles. The average Bonchev–Trinajstić information content (AvgIpc) is 2.97. The van der Waals surface area contributed by atoms with Gasteiger partial charge in [0.25, 0.3) is 0 Å². The van der Waals surface area contributed by atoms with E-state index >= 15 is 0 Å². The second kappa shape index (κ2) is 6.16. The van der Waals surface area contributed by atoms with Crippen LogP contribution in [0.5, 0.6) is 0 Å². The molecule has 1 fully saturated rings. The molecule has 2 nitrogen and oxygen atoms in total. The Morgan fingerprint density at radius 1 is 1.11 bits per heavy atom. The number of benzene rings is 1. The summed E-state index contributed by atoms with van der Waals surface area (Å²) < 4.78 is 0. The van der Waals surface area contributed by atoms with Gasteiger partial charge >= 0.3 is 0 Å². The number of aromatic nitrogens is 1. The maximum atomic E-state index is 4.33. The van der Waals surface area contributed by atoms with Crippen LogP contribution in [0.15, 0.2) is 36.7 Å². The molecule has 0 spiro atoms. The highest BCUT2D eigenvalue weighted by Crippen LogP contribution is 2.27. The monoisotopic (exact) mass is 254 g/mol. The van der Waals surface area contributed by atoms with Gasteiger partial charge in [-0.05, 0) is 29.8 Å². The summed E-state index contributed by atoms with van der Waals surface area (Å²) in [4.78, 5) is 4.33. The normalized spacial score (nSPS) is 16.2. The highest BCUT2D eigenvalue weighted by Gasteiger charge is 2.13. The van der Waals surface area contributed by atoms with E-state index in [0.29, 0.717) is 0 Å². The Morgan fingerprint density at radius 2 is 1.95 bits per heavy atom. The SMILES string of the molecule is c1ccc2c(CNCCC3CCCC3)cncc2c1. The first kappa shape index (κ1) is 12.6. The molecule has 1 heterocycles. The van der Waals surface area contributed by atoms with Crippen LogP contribution in [0, 0.1) is 5.92 Å². The topological polar surface area (TPSA) is 24.9 Å². The van der Waals surface area contributed by atoms with Gasteiger partial charge in [-0.15, -0.1) is 0 Å². The molecule has 0 bridgehead atoms. The van der Waals surface area contributed by atoms with Crippen molar-refractivity contribution in [3.63, 3.8) is 0 Å². The summed E-state index contributed by atoms with van der Waals surface area (Å²) in [6, 6.07) is 8.49. The second-order valence-corrected chi connectivity index (χ2v) is 5.64. The van der Waals surface area contributed by atoms with Crippen LogP contribution in [0.25, 0.3) is 10.8 Å². The molecule has 0 unspecified atom stereocenters. The lowest BCUT2D eigenvalue weighted by Crippen LogP contribution is -2.17. The van der Waals surface area contributed by atoms with Crippen molar-refractivity contribution < 1.29 is 0 Å². The van der Waals surface area contributed by atoms with Crippen molar-refractivity contribution in [1.29, 1.82) is 0 Å². The smallest absolute Gasteiger partial charge is 0.0346 e. The molecule has 1 aliphatic rings. The van der Waals surface area contributed by atoms with Gasteiger partial charge in [0.2, 0.25) is 0 Å². The van der Waals surface area contributed by atoms with Crippen LogP contribution in [0.3, 0.4) is 0 Å². The molecule has 3 rings (SSSR count). The minimum absolute atomic E-state index is 0.932. The molecule has 2 aromatic rings. The average molecular weight is 254 g/mol. The predicted octanol–water partition coefficient (Wildman–Crippen LogP) is 3.90. The molecule has 19 heavy (non-hydrogen) atoms. The standard InChI is InChI=1S/C17H22N2/c1-2-6-14(5-1)9-10-18-12-16-13-19-11-15-7-3-4-8-17(15)16/h3-4,7-8,11,13-14,18H,1-2,5-6,9-10,12H2. The van der Waals surface area contributed by atoms with Gasteiger partial charge in [-0.1, -0.05) is 49.9 Å². The molecule has 0 atom stereocenters. The first-order valence-electron chi connectivity index (χ1n) is 7.46. The van der Waals surface area contributed by atoms with Crippen LogP contribution in [-0.4, -0.2) is 11.5 Å². The molecule has 0 saturated heterocycles. The largest absolute Gasteiger partial charge is 0.313 e. The Bertz CT molecular complexity index is 524. The molecule has 1 aromatic heterocycles. The van der Waals surface area contributed by atoms with Gasteiger partial charge in [0.1, 0.15) is 0 Å². The number of rotatable bonds is 5. The van der Waals surface area contributed by atoms with Gasteiger partial charge in [0.15, 0.2) is 0 Å². The zero-order chi connectivity index (χ0) is 12.9. The summed E-state index contributed by atoms with van der Waals surface area (Å²) in [6.07, 6.45) is 11.0. The zero-order valence-corrected chi connectivity index (χ0v) is 11.4. The number of nitrogens with zero attached hydrogens (tertiary/aromatic N) is 1. The third kappa shape index (κ3) is 3.13. The Morgan fingerprint density at radius 3 is 2.84 bits per heavy atom. The van der Waals surface area contributed by atoms with Crippen LogP contribution in [0.4, 0.5) is 0 Å². The minimum atomic E-state index is 0.932. The van der Waals surface area contributed by atoms with Gasteiger partial charge in [-0.2, -0.15) is 0 Å². The summed E-state index contributed by atoms with van der Waals surface area (Å²) in [5.41, 5.74) is 1.31. The van der Waals surface area contributed by atoms with Gasteiger partial charge in [0.05, 0.1) is 0 Å². The van der Waals surface area contributed by atoms with Crippen molar-refractivity contribution in [3.8, 4) is 0 Å². The highest BCUT2D eigenvalue weighted by molar-refractivity contribution is 5.84. The lowest BCUT2D eigenvalue weighted by molar-refractivity contribution is 0.477. The van der Waals surface area contributed by atoms with E-state index in [1.54, 1.807) is 0 Å². The summed E-state index contributed by atoms with van der Waals surface area (Å²) in [6.45, 7) is 2.06. The third-order valence-corrected chi connectivity index (χ3v) is 4.27. The molecular formula is C17H22N2. The van der Waals surface area contributed by atoms with Gasteiger partial charge in [0, 0.05) is 24.3 Å². The predicted molar refractivity (Wildman–Crippen MR) is 80.0 cm³/mol. The molecule has 0 amide bonds. The molecule has 1 aliphatic carbocycles. The second-order valence-electron chi connectivity index (χ2n) is 5.64. The van der Waals surface area contributed by atoms with Crippen LogP contribution in [0.2, 0.25) is 0 Å². The highest BCUT2D eigenvalue weighted by atomic mass is 14.8. The van der Waals surface area contributed by atoms with Crippen molar-refractivity contribution in [2.75, 3.05) is 6.54 Å². The van der Waals surface area contributed by atoms with Crippen LogP contribution >= 0.6 is 0 Å². The quantitative estimate of drug-likeness (QED) is 0.818. The van der Waals surface area contributed by atoms with Crippen LogP contribution in [0.1, 0.15) is 37.7 Å². The first-order valence-corrected chi connectivity index (χ1v) is 7.46. The van der Waals surface area contributed by atoms with E-state index in [1.807, 2.05) is 12.4 Å². The fourth-order valence-corrected chi connectivity index (χ4v) is 3.15. The van der Waals surface area contributed by atoms with Crippen molar-refractivity contribution in [2.45, 2.75) is 38.6 Å². The Kier molecular flexibility index (Phi) is 4.09. The Balaban J connectivity index is 1.56. The van der Waals surface area contributed by atoms with E-state index in [-0.39, 0.29) is 0 Å². The minimum Gasteiger partial charge on any atom is -0.313 e. The number of nitrogens with one attached hydrogen (secondary N) is 1. The van der Waals surface area contributed by atoms with Crippen molar-refractivity contribution in [1.82, 2.24) is 10.3 Å². The van der Waals surface area contributed by atoms with Crippen molar-refractivity contribution in [3.05, 3.63) is 42.2 Å².